The lowest BCUT2D eigenvalue weighted by molar-refractivity contribution is -0.129. The lowest BCUT2D eigenvalue weighted by atomic mass is 10.0. The van der Waals surface area contributed by atoms with Crippen LogP contribution < -0.4 is 10.1 Å². The van der Waals surface area contributed by atoms with Crippen LogP contribution in [0.25, 0.3) is 0 Å². The van der Waals surface area contributed by atoms with Crippen molar-refractivity contribution < 1.29 is 9.53 Å². The quantitative estimate of drug-likeness (QED) is 0.892. The van der Waals surface area contributed by atoms with Gasteiger partial charge in [0, 0.05) is 25.2 Å². The van der Waals surface area contributed by atoms with Gasteiger partial charge in [0.15, 0.2) is 0 Å². The summed E-state index contributed by atoms with van der Waals surface area (Å²) < 4.78 is 5.29. The molecule has 1 saturated heterocycles. The van der Waals surface area contributed by atoms with E-state index in [0.29, 0.717) is 12.5 Å². The highest BCUT2D eigenvalue weighted by atomic mass is 16.5. The van der Waals surface area contributed by atoms with Gasteiger partial charge in [0.1, 0.15) is 5.75 Å². The minimum atomic E-state index is 0.141. The fourth-order valence-corrected chi connectivity index (χ4v) is 2.66. The molecule has 0 bridgehead atoms. The van der Waals surface area contributed by atoms with E-state index in [9.17, 15) is 4.79 Å². The number of carbonyl (C=O) groups is 1. The Balaban J connectivity index is 1.90. The molecular weight excluding hydrogens is 252 g/mol. The van der Waals surface area contributed by atoms with Crippen molar-refractivity contribution in [2.75, 3.05) is 27.2 Å². The van der Waals surface area contributed by atoms with Crippen molar-refractivity contribution in [1.29, 1.82) is 0 Å². The first-order chi connectivity index (χ1) is 9.70. The van der Waals surface area contributed by atoms with Gasteiger partial charge in [0.25, 0.3) is 0 Å². The zero-order chi connectivity index (χ0) is 14.4. The summed E-state index contributed by atoms with van der Waals surface area (Å²) in [5.74, 6) is 0.923. The molecule has 1 atom stereocenters. The minimum Gasteiger partial charge on any atom is -0.496 e. The molecule has 1 aromatic rings. The molecule has 0 spiro atoms. The predicted octanol–water partition coefficient (Wildman–Crippen LogP) is 1.84. The highest BCUT2D eigenvalue weighted by Crippen LogP contribution is 2.18. The van der Waals surface area contributed by atoms with Crippen LogP contribution in [0.15, 0.2) is 24.3 Å². The molecule has 0 radical (unpaired) electrons. The van der Waals surface area contributed by atoms with E-state index in [4.69, 9.17) is 4.74 Å². The third kappa shape index (κ3) is 3.97. The van der Waals surface area contributed by atoms with Crippen molar-refractivity contribution in [2.45, 2.75) is 31.7 Å². The van der Waals surface area contributed by atoms with Gasteiger partial charge >= 0.3 is 0 Å². The van der Waals surface area contributed by atoms with E-state index in [-0.39, 0.29) is 5.91 Å². The van der Waals surface area contributed by atoms with E-state index in [1.165, 1.54) is 12.8 Å². The van der Waals surface area contributed by atoms with Crippen LogP contribution in [0.5, 0.6) is 5.75 Å². The van der Waals surface area contributed by atoms with E-state index in [1.807, 2.05) is 36.2 Å². The van der Waals surface area contributed by atoms with Gasteiger partial charge in [-0.15, -0.1) is 0 Å². The summed E-state index contributed by atoms with van der Waals surface area (Å²) in [5, 5.41) is 3.47. The molecule has 0 aromatic heterocycles. The largest absolute Gasteiger partial charge is 0.496 e. The summed E-state index contributed by atoms with van der Waals surface area (Å²) in [5.41, 5.74) is 0.948. The molecule has 20 heavy (non-hydrogen) atoms. The Morgan fingerprint density at radius 3 is 2.90 bits per heavy atom. The zero-order valence-electron chi connectivity index (χ0n) is 12.4. The number of para-hydroxylation sites is 1. The number of nitrogens with one attached hydrogen (secondary N) is 1. The molecule has 1 N–H and O–H groups in total. The van der Waals surface area contributed by atoms with E-state index >= 15 is 0 Å². The number of ether oxygens (including phenoxy) is 1. The van der Waals surface area contributed by atoms with Gasteiger partial charge in [-0.1, -0.05) is 24.6 Å². The van der Waals surface area contributed by atoms with Crippen LogP contribution in [0.3, 0.4) is 0 Å². The SMILES string of the molecule is COc1ccccc1CC(=O)N(C)CC1CCCCN1. The van der Waals surface area contributed by atoms with Gasteiger partial charge in [0.05, 0.1) is 13.5 Å². The number of methoxy groups -OCH3 is 1. The molecule has 1 fully saturated rings. The number of amides is 1. The predicted molar refractivity (Wildman–Crippen MR) is 80.0 cm³/mol. The summed E-state index contributed by atoms with van der Waals surface area (Å²) in [7, 11) is 3.52. The molecule has 1 amide bonds. The monoisotopic (exact) mass is 276 g/mol. The van der Waals surface area contributed by atoms with Gasteiger partial charge in [0.2, 0.25) is 5.91 Å². The Bertz CT molecular complexity index is 442. The first-order valence-electron chi connectivity index (χ1n) is 7.30. The average molecular weight is 276 g/mol. The van der Waals surface area contributed by atoms with Gasteiger partial charge in [-0.3, -0.25) is 4.79 Å². The summed E-state index contributed by atoms with van der Waals surface area (Å²) in [6.45, 7) is 1.85. The Morgan fingerprint density at radius 2 is 2.20 bits per heavy atom. The number of nitrogens with zero attached hydrogens (tertiary/aromatic N) is 1. The van der Waals surface area contributed by atoms with Crippen molar-refractivity contribution >= 4 is 5.91 Å². The highest BCUT2D eigenvalue weighted by molar-refractivity contribution is 5.79. The molecule has 2 rings (SSSR count). The molecule has 110 valence electrons. The standard InChI is InChI=1S/C16H24N2O2/c1-18(12-14-8-5-6-10-17-14)16(19)11-13-7-3-4-9-15(13)20-2/h3-4,7,9,14,17H,5-6,8,10-12H2,1-2H3. The van der Waals surface area contributed by atoms with Crippen LogP contribution in [-0.2, 0) is 11.2 Å². The molecule has 4 heteroatoms. The van der Waals surface area contributed by atoms with Gasteiger partial charge in [-0.2, -0.15) is 0 Å². The lowest BCUT2D eigenvalue weighted by Gasteiger charge is -2.28. The zero-order valence-corrected chi connectivity index (χ0v) is 12.4. The van der Waals surface area contributed by atoms with Crippen molar-refractivity contribution in [2.24, 2.45) is 0 Å². The Labute approximate surface area is 121 Å². The summed E-state index contributed by atoms with van der Waals surface area (Å²) in [4.78, 5) is 14.1. The van der Waals surface area contributed by atoms with Gasteiger partial charge < -0.3 is 15.0 Å². The van der Waals surface area contributed by atoms with Crippen molar-refractivity contribution in [1.82, 2.24) is 10.2 Å². The molecule has 1 aromatic carbocycles. The third-order valence-electron chi connectivity index (χ3n) is 3.87. The van der Waals surface area contributed by atoms with Crippen LogP contribution in [0, 0.1) is 0 Å². The smallest absolute Gasteiger partial charge is 0.226 e. The number of hydrogen-bond acceptors (Lipinski definition) is 3. The van der Waals surface area contributed by atoms with Crippen molar-refractivity contribution in [3.05, 3.63) is 29.8 Å². The summed E-state index contributed by atoms with van der Waals surface area (Å²) in [6.07, 6.45) is 4.06. The van der Waals surface area contributed by atoms with Crippen LogP contribution in [0.2, 0.25) is 0 Å². The molecule has 1 aliphatic rings. The van der Waals surface area contributed by atoms with Crippen LogP contribution in [-0.4, -0.2) is 44.1 Å². The third-order valence-corrected chi connectivity index (χ3v) is 3.87. The molecule has 4 nitrogen and oxygen atoms in total. The first kappa shape index (κ1) is 14.9. The second kappa shape index (κ2) is 7.29. The van der Waals surface area contributed by atoms with Crippen LogP contribution >= 0.6 is 0 Å². The number of rotatable bonds is 5. The second-order valence-electron chi connectivity index (χ2n) is 5.41. The first-order valence-corrected chi connectivity index (χ1v) is 7.30. The molecule has 0 aliphatic carbocycles. The van der Waals surface area contributed by atoms with E-state index in [2.05, 4.69) is 5.32 Å². The van der Waals surface area contributed by atoms with Crippen LogP contribution in [0.1, 0.15) is 24.8 Å². The number of carbonyl (C=O) groups excluding carboxylic acids is 1. The maximum atomic E-state index is 12.3. The summed E-state index contributed by atoms with van der Waals surface area (Å²) in [6, 6.07) is 8.14. The topological polar surface area (TPSA) is 41.6 Å². The van der Waals surface area contributed by atoms with E-state index in [0.717, 1.165) is 30.8 Å². The van der Waals surface area contributed by atoms with Gasteiger partial charge in [-0.25, -0.2) is 0 Å². The van der Waals surface area contributed by atoms with Crippen LogP contribution in [0.4, 0.5) is 0 Å². The number of likely N-dealkylation sites (N-methyl/N-ethyl adjacent to an activating group) is 1. The molecular formula is C16H24N2O2. The Hall–Kier alpha value is -1.55. The molecule has 1 aliphatic heterocycles. The molecule has 1 heterocycles. The molecule has 1 unspecified atom stereocenters. The van der Waals surface area contributed by atoms with Gasteiger partial charge in [-0.05, 0) is 25.5 Å². The normalized spacial score (nSPS) is 18.6. The van der Waals surface area contributed by atoms with Crippen molar-refractivity contribution in [3.63, 3.8) is 0 Å². The molecule has 0 saturated carbocycles. The summed E-state index contributed by atoms with van der Waals surface area (Å²) >= 11 is 0. The Morgan fingerprint density at radius 1 is 1.40 bits per heavy atom. The number of benzene rings is 1. The number of hydrogen-bond donors (Lipinski definition) is 1. The maximum absolute atomic E-state index is 12.3. The van der Waals surface area contributed by atoms with E-state index < -0.39 is 0 Å². The fraction of sp³-hybridized carbons (Fsp3) is 0.562. The fourth-order valence-electron chi connectivity index (χ4n) is 2.66. The second-order valence-corrected chi connectivity index (χ2v) is 5.41. The lowest BCUT2D eigenvalue weighted by Crippen LogP contribution is -2.44. The number of piperidine rings is 1. The highest BCUT2D eigenvalue weighted by Gasteiger charge is 2.18. The minimum absolute atomic E-state index is 0.141. The average Bonchev–Trinajstić information content (AvgIpc) is 2.48. The maximum Gasteiger partial charge on any atom is 0.226 e. The van der Waals surface area contributed by atoms with Crippen molar-refractivity contribution in [3.8, 4) is 5.75 Å². The Kier molecular flexibility index (Phi) is 5.41. The van der Waals surface area contributed by atoms with E-state index in [1.54, 1.807) is 7.11 Å².